The molecule has 0 aliphatic rings. The number of fused-ring (bicyclic) bond motifs is 1. The fraction of sp³-hybridized carbons (Fsp3) is 0.0833. The Balaban J connectivity index is 2.11. The van der Waals surface area contributed by atoms with Gasteiger partial charge in [-0.15, -0.1) is 0 Å². The van der Waals surface area contributed by atoms with E-state index in [1.807, 2.05) is 60.7 Å². The first-order valence-corrected chi connectivity index (χ1v) is 12.1. The molecule has 0 radical (unpaired) electrons. The van der Waals surface area contributed by atoms with Crippen LogP contribution in [0.15, 0.2) is 94.7 Å². The zero-order valence-electron chi connectivity index (χ0n) is 15.7. The van der Waals surface area contributed by atoms with Crippen molar-refractivity contribution < 1.29 is 8.42 Å². The Morgan fingerprint density at radius 1 is 0.500 bits per heavy atom. The summed E-state index contributed by atoms with van der Waals surface area (Å²) in [6.45, 7) is 0. The van der Waals surface area contributed by atoms with E-state index in [1.54, 1.807) is 12.5 Å². The van der Waals surface area contributed by atoms with E-state index in [0.29, 0.717) is 0 Å². The van der Waals surface area contributed by atoms with Crippen LogP contribution in [0.1, 0.15) is 0 Å². The summed E-state index contributed by atoms with van der Waals surface area (Å²) in [5, 5.41) is 2.18. The lowest BCUT2D eigenvalue weighted by Gasteiger charge is -2.16. The SMILES string of the molecule is CS(=O)c1ccccc1-c1cccc2cccc(-c3ccccc3S(C)=O)c12. The Hall–Kier alpha value is -2.56. The van der Waals surface area contributed by atoms with E-state index in [9.17, 15) is 8.42 Å². The molecule has 4 aromatic rings. The van der Waals surface area contributed by atoms with Crippen LogP contribution in [0.3, 0.4) is 0 Å². The summed E-state index contributed by atoms with van der Waals surface area (Å²) in [5.41, 5.74) is 4.01. The molecule has 0 N–H and O–H groups in total. The largest absolute Gasteiger partial charge is 0.255 e. The minimum atomic E-state index is -1.10. The van der Waals surface area contributed by atoms with Gasteiger partial charge < -0.3 is 0 Å². The molecule has 4 heteroatoms. The molecule has 0 amide bonds. The van der Waals surface area contributed by atoms with Crippen molar-refractivity contribution in [3.63, 3.8) is 0 Å². The number of hydrogen-bond acceptors (Lipinski definition) is 2. The van der Waals surface area contributed by atoms with Gasteiger partial charge in [-0.05, 0) is 45.2 Å². The van der Waals surface area contributed by atoms with Crippen LogP contribution in [0.25, 0.3) is 33.0 Å². The Morgan fingerprint density at radius 3 is 1.32 bits per heavy atom. The van der Waals surface area contributed by atoms with Crippen molar-refractivity contribution in [1.29, 1.82) is 0 Å². The van der Waals surface area contributed by atoms with E-state index in [1.165, 1.54) is 0 Å². The molecule has 4 aromatic carbocycles. The Labute approximate surface area is 170 Å². The van der Waals surface area contributed by atoms with Crippen LogP contribution in [-0.4, -0.2) is 20.9 Å². The molecule has 0 saturated carbocycles. The number of hydrogen-bond donors (Lipinski definition) is 0. The molecule has 0 aliphatic carbocycles. The van der Waals surface area contributed by atoms with E-state index in [4.69, 9.17) is 0 Å². The van der Waals surface area contributed by atoms with E-state index >= 15 is 0 Å². The van der Waals surface area contributed by atoms with Crippen molar-refractivity contribution in [2.75, 3.05) is 12.5 Å². The van der Waals surface area contributed by atoms with E-state index in [0.717, 1.165) is 42.8 Å². The summed E-state index contributed by atoms with van der Waals surface area (Å²) >= 11 is 0. The molecule has 4 rings (SSSR count). The van der Waals surface area contributed by atoms with Crippen molar-refractivity contribution in [2.24, 2.45) is 0 Å². The molecule has 140 valence electrons. The molecule has 0 heterocycles. The average Bonchev–Trinajstić information content (AvgIpc) is 2.72. The van der Waals surface area contributed by atoms with Gasteiger partial charge in [-0.1, -0.05) is 72.8 Å². The molecule has 0 saturated heterocycles. The van der Waals surface area contributed by atoms with Crippen molar-refractivity contribution in [1.82, 2.24) is 0 Å². The Bertz CT molecular complexity index is 1140. The molecule has 28 heavy (non-hydrogen) atoms. The van der Waals surface area contributed by atoms with Gasteiger partial charge in [-0.25, -0.2) is 0 Å². The van der Waals surface area contributed by atoms with Gasteiger partial charge in [0.1, 0.15) is 0 Å². The molecule has 0 aromatic heterocycles. The maximum atomic E-state index is 12.3. The van der Waals surface area contributed by atoms with Crippen LogP contribution in [-0.2, 0) is 21.6 Å². The first-order valence-electron chi connectivity index (χ1n) is 8.95. The summed E-state index contributed by atoms with van der Waals surface area (Å²) in [5.74, 6) is 0. The quantitative estimate of drug-likeness (QED) is 0.440. The lowest BCUT2D eigenvalue weighted by atomic mass is 9.91. The van der Waals surface area contributed by atoms with Crippen LogP contribution in [0, 0.1) is 0 Å². The van der Waals surface area contributed by atoms with Crippen LogP contribution in [0.4, 0.5) is 0 Å². The monoisotopic (exact) mass is 404 g/mol. The van der Waals surface area contributed by atoms with Crippen LogP contribution < -0.4 is 0 Å². The van der Waals surface area contributed by atoms with Gasteiger partial charge in [0.2, 0.25) is 0 Å². The van der Waals surface area contributed by atoms with Crippen molar-refractivity contribution in [2.45, 2.75) is 9.79 Å². The molecule has 0 fully saturated rings. The minimum absolute atomic E-state index is 0.817. The predicted octanol–water partition coefficient (Wildman–Crippen LogP) is 5.65. The summed E-state index contributed by atoms with van der Waals surface area (Å²) < 4.78 is 24.7. The normalized spacial score (nSPS) is 13.4. The minimum Gasteiger partial charge on any atom is -0.255 e. The standard InChI is InChI=1S/C24H20O2S2/c1-27(25)22-15-5-3-11-18(22)20-13-7-9-17-10-8-14-21(24(17)20)19-12-4-6-16-23(19)28(2)26/h3-16H,1-2H3. The van der Waals surface area contributed by atoms with E-state index in [2.05, 4.69) is 24.3 Å². The van der Waals surface area contributed by atoms with Gasteiger partial charge in [-0.3, -0.25) is 8.42 Å². The van der Waals surface area contributed by atoms with E-state index in [-0.39, 0.29) is 0 Å². The van der Waals surface area contributed by atoms with Gasteiger partial charge in [0.25, 0.3) is 0 Å². The molecule has 0 bridgehead atoms. The fourth-order valence-corrected chi connectivity index (χ4v) is 5.19. The molecule has 0 spiro atoms. The van der Waals surface area contributed by atoms with Gasteiger partial charge >= 0.3 is 0 Å². The molecule has 2 nitrogen and oxygen atoms in total. The van der Waals surface area contributed by atoms with Gasteiger partial charge in [0.15, 0.2) is 0 Å². The highest BCUT2D eigenvalue weighted by atomic mass is 32.2. The third-order valence-electron chi connectivity index (χ3n) is 4.88. The molecular formula is C24H20O2S2. The maximum absolute atomic E-state index is 12.3. The number of benzene rings is 4. The molecule has 2 atom stereocenters. The summed E-state index contributed by atoms with van der Waals surface area (Å²) in [7, 11) is -2.19. The summed E-state index contributed by atoms with van der Waals surface area (Å²) in [4.78, 5) is 1.63. The van der Waals surface area contributed by atoms with Crippen molar-refractivity contribution in [3.05, 3.63) is 84.9 Å². The lowest BCUT2D eigenvalue weighted by molar-refractivity contribution is 0.686. The van der Waals surface area contributed by atoms with Crippen molar-refractivity contribution >= 4 is 32.4 Å². The topological polar surface area (TPSA) is 34.1 Å². The first-order chi connectivity index (χ1) is 13.6. The second-order valence-corrected chi connectivity index (χ2v) is 9.31. The first kappa shape index (κ1) is 18.8. The zero-order valence-corrected chi connectivity index (χ0v) is 17.3. The molecular weight excluding hydrogens is 384 g/mol. The second-order valence-electron chi connectivity index (χ2n) is 6.61. The van der Waals surface area contributed by atoms with Gasteiger partial charge in [0, 0.05) is 22.3 Å². The zero-order chi connectivity index (χ0) is 19.7. The summed E-state index contributed by atoms with van der Waals surface area (Å²) in [6.07, 6.45) is 3.42. The Morgan fingerprint density at radius 2 is 0.893 bits per heavy atom. The number of rotatable bonds is 4. The fourth-order valence-electron chi connectivity index (χ4n) is 3.67. The predicted molar refractivity (Wildman–Crippen MR) is 119 cm³/mol. The highest BCUT2D eigenvalue weighted by Gasteiger charge is 2.16. The third kappa shape index (κ3) is 3.34. The van der Waals surface area contributed by atoms with Crippen LogP contribution in [0.5, 0.6) is 0 Å². The van der Waals surface area contributed by atoms with Gasteiger partial charge in [0.05, 0.1) is 21.6 Å². The maximum Gasteiger partial charge on any atom is 0.0504 e. The van der Waals surface area contributed by atoms with Crippen LogP contribution >= 0.6 is 0 Å². The highest BCUT2D eigenvalue weighted by Crippen LogP contribution is 2.39. The lowest BCUT2D eigenvalue weighted by Crippen LogP contribution is -1.95. The van der Waals surface area contributed by atoms with Crippen molar-refractivity contribution in [3.8, 4) is 22.3 Å². The van der Waals surface area contributed by atoms with Crippen LogP contribution in [0.2, 0.25) is 0 Å². The molecule has 0 aliphatic heterocycles. The molecule has 2 unspecified atom stereocenters. The smallest absolute Gasteiger partial charge is 0.0504 e. The van der Waals surface area contributed by atoms with E-state index < -0.39 is 21.6 Å². The highest BCUT2D eigenvalue weighted by molar-refractivity contribution is 7.84. The summed E-state index contributed by atoms with van der Waals surface area (Å²) in [6, 6.07) is 28.0. The third-order valence-corrected chi connectivity index (χ3v) is 6.83. The van der Waals surface area contributed by atoms with Gasteiger partial charge in [-0.2, -0.15) is 0 Å². The average molecular weight is 405 g/mol. The Kier molecular flexibility index (Phi) is 5.25. The second kappa shape index (κ2) is 7.82.